The van der Waals surface area contributed by atoms with Crippen LogP contribution in [0.5, 0.6) is 0 Å². The first-order valence-electron chi connectivity index (χ1n) is 11.6. The van der Waals surface area contributed by atoms with Crippen molar-refractivity contribution in [2.24, 2.45) is 5.92 Å². The van der Waals surface area contributed by atoms with E-state index in [4.69, 9.17) is 0 Å². The van der Waals surface area contributed by atoms with E-state index < -0.39 is 0 Å². The maximum absolute atomic E-state index is 12.3. The van der Waals surface area contributed by atoms with E-state index in [0.29, 0.717) is 31.8 Å². The third-order valence-corrected chi connectivity index (χ3v) is 6.67. The predicted molar refractivity (Wildman–Crippen MR) is 124 cm³/mol. The van der Waals surface area contributed by atoms with Crippen molar-refractivity contribution in [3.63, 3.8) is 0 Å². The van der Waals surface area contributed by atoms with Gasteiger partial charge >= 0.3 is 0 Å². The van der Waals surface area contributed by atoms with Crippen molar-refractivity contribution in [1.29, 1.82) is 0 Å². The monoisotopic (exact) mass is 419 g/mol. The fourth-order valence-corrected chi connectivity index (χ4v) is 4.63. The summed E-state index contributed by atoms with van der Waals surface area (Å²) in [6.45, 7) is 5.03. The normalized spacial score (nSPS) is 21.3. The van der Waals surface area contributed by atoms with Gasteiger partial charge in [-0.25, -0.2) is 0 Å². The van der Waals surface area contributed by atoms with Gasteiger partial charge in [-0.1, -0.05) is 48.9 Å². The Morgan fingerprint density at radius 2 is 1.87 bits per heavy atom. The lowest BCUT2D eigenvalue weighted by Crippen LogP contribution is -2.36. The lowest BCUT2D eigenvalue weighted by atomic mass is 9.89. The summed E-state index contributed by atoms with van der Waals surface area (Å²) in [4.78, 5) is 27.2. The Balaban J connectivity index is 1.20. The van der Waals surface area contributed by atoms with Gasteiger partial charge in [0.25, 0.3) is 0 Å². The summed E-state index contributed by atoms with van der Waals surface area (Å²) >= 11 is 0. The van der Waals surface area contributed by atoms with Crippen LogP contribution in [0.4, 0.5) is 5.69 Å². The van der Waals surface area contributed by atoms with Crippen LogP contribution in [-0.4, -0.2) is 29.3 Å². The van der Waals surface area contributed by atoms with E-state index in [2.05, 4.69) is 46.7 Å². The van der Waals surface area contributed by atoms with Crippen LogP contribution < -0.4 is 10.6 Å². The smallest absolute Gasteiger partial charge is 0.227 e. The molecule has 2 aliphatic rings. The van der Waals surface area contributed by atoms with Crippen molar-refractivity contribution in [2.75, 3.05) is 11.9 Å². The second-order valence-electron chi connectivity index (χ2n) is 8.99. The molecule has 0 aromatic heterocycles. The zero-order valence-corrected chi connectivity index (χ0v) is 18.4. The minimum absolute atomic E-state index is 0.00197. The Hall–Kier alpha value is -2.66. The number of likely N-dealkylation sites (tertiary alicyclic amines) is 1. The van der Waals surface area contributed by atoms with E-state index in [-0.39, 0.29) is 17.7 Å². The standard InChI is InChI=1S/C26H33N3O2/c1-19-6-4-5-15-29(19)18-21-11-9-20(10-12-21)17-27-25(30)14-13-23-16-22-7-2-3-8-24(22)28-26(23)31/h2-3,7-12,19,23H,4-6,13-18H2,1H3,(H,27,30)(H,28,31)/t19-,23-/m1/s1. The van der Waals surface area contributed by atoms with E-state index in [1.807, 2.05) is 24.3 Å². The number of amides is 2. The van der Waals surface area contributed by atoms with E-state index in [9.17, 15) is 9.59 Å². The number of nitrogens with one attached hydrogen (secondary N) is 2. The molecule has 2 aromatic carbocycles. The van der Waals surface area contributed by atoms with Gasteiger partial charge in [0.05, 0.1) is 0 Å². The number of piperidine rings is 1. The van der Waals surface area contributed by atoms with Gasteiger partial charge in [0.1, 0.15) is 0 Å². The second-order valence-corrected chi connectivity index (χ2v) is 8.99. The highest BCUT2D eigenvalue weighted by molar-refractivity contribution is 5.96. The molecule has 4 rings (SSSR count). The number of anilines is 1. The van der Waals surface area contributed by atoms with Crippen molar-refractivity contribution in [3.05, 3.63) is 65.2 Å². The number of fused-ring (bicyclic) bond motifs is 1. The van der Waals surface area contributed by atoms with Crippen LogP contribution >= 0.6 is 0 Å². The van der Waals surface area contributed by atoms with Gasteiger partial charge in [0, 0.05) is 37.2 Å². The van der Waals surface area contributed by atoms with E-state index in [0.717, 1.165) is 23.4 Å². The molecule has 2 aliphatic heterocycles. The molecular formula is C26H33N3O2. The van der Waals surface area contributed by atoms with Crippen LogP contribution in [0.1, 0.15) is 55.7 Å². The molecule has 164 valence electrons. The van der Waals surface area contributed by atoms with Crippen LogP contribution in [0.2, 0.25) is 0 Å². The first-order valence-corrected chi connectivity index (χ1v) is 11.6. The maximum atomic E-state index is 12.3. The van der Waals surface area contributed by atoms with Crippen LogP contribution in [0.3, 0.4) is 0 Å². The van der Waals surface area contributed by atoms with Crippen molar-refractivity contribution in [2.45, 2.75) is 64.6 Å². The van der Waals surface area contributed by atoms with Crippen LogP contribution in [0.15, 0.2) is 48.5 Å². The van der Waals surface area contributed by atoms with Gasteiger partial charge in [-0.3, -0.25) is 14.5 Å². The molecule has 2 N–H and O–H groups in total. The molecule has 2 atom stereocenters. The number of carbonyl (C=O) groups excluding carboxylic acids is 2. The lowest BCUT2D eigenvalue weighted by molar-refractivity contribution is -0.122. The SMILES string of the molecule is C[C@@H]1CCCCN1Cc1ccc(CNC(=O)CC[C@@H]2Cc3ccccc3NC2=O)cc1. The van der Waals surface area contributed by atoms with Gasteiger partial charge in [-0.15, -0.1) is 0 Å². The number of nitrogens with zero attached hydrogens (tertiary/aromatic N) is 1. The number of carbonyl (C=O) groups is 2. The average Bonchev–Trinajstić information content (AvgIpc) is 2.78. The van der Waals surface area contributed by atoms with Crippen molar-refractivity contribution < 1.29 is 9.59 Å². The fraction of sp³-hybridized carbons (Fsp3) is 0.462. The van der Waals surface area contributed by atoms with Gasteiger partial charge in [0.15, 0.2) is 0 Å². The molecular weight excluding hydrogens is 386 g/mol. The highest BCUT2D eigenvalue weighted by atomic mass is 16.2. The third kappa shape index (κ3) is 5.73. The maximum Gasteiger partial charge on any atom is 0.227 e. The van der Waals surface area contributed by atoms with Crippen LogP contribution in [0.25, 0.3) is 0 Å². The molecule has 31 heavy (non-hydrogen) atoms. The van der Waals surface area contributed by atoms with Crippen molar-refractivity contribution in [1.82, 2.24) is 10.2 Å². The largest absolute Gasteiger partial charge is 0.352 e. The fourth-order valence-electron chi connectivity index (χ4n) is 4.63. The van der Waals surface area contributed by atoms with Gasteiger partial charge in [-0.2, -0.15) is 0 Å². The molecule has 5 nitrogen and oxygen atoms in total. The molecule has 1 fully saturated rings. The Morgan fingerprint density at radius 1 is 1.10 bits per heavy atom. The zero-order valence-electron chi connectivity index (χ0n) is 18.4. The molecule has 0 unspecified atom stereocenters. The van der Waals surface area contributed by atoms with E-state index in [1.54, 1.807) is 0 Å². The molecule has 0 spiro atoms. The molecule has 1 saturated heterocycles. The second kappa shape index (κ2) is 10.1. The van der Waals surface area contributed by atoms with E-state index >= 15 is 0 Å². The molecule has 2 amide bonds. The Morgan fingerprint density at radius 3 is 2.68 bits per heavy atom. The number of hydrogen-bond donors (Lipinski definition) is 2. The van der Waals surface area contributed by atoms with Crippen molar-refractivity contribution in [3.8, 4) is 0 Å². The quantitative estimate of drug-likeness (QED) is 0.705. The molecule has 2 aromatic rings. The highest BCUT2D eigenvalue weighted by Gasteiger charge is 2.26. The van der Waals surface area contributed by atoms with Gasteiger partial charge < -0.3 is 10.6 Å². The zero-order chi connectivity index (χ0) is 21.6. The number of para-hydroxylation sites is 1. The summed E-state index contributed by atoms with van der Waals surface area (Å²) < 4.78 is 0. The minimum Gasteiger partial charge on any atom is -0.352 e. The third-order valence-electron chi connectivity index (χ3n) is 6.67. The van der Waals surface area contributed by atoms with Gasteiger partial charge in [0.2, 0.25) is 11.8 Å². The molecule has 0 saturated carbocycles. The Kier molecular flexibility index (Phi) is 7.03. The summed E-state index contributed by atoms with van der Waals surface area (Å²) in [5.41, 5.74) is 4.47. The molecule has 0 radical (unpaired) electrons. The summed E-state index contributed by atoms with van der Waals surface area (Å²) in [5.74, 6) is -0.125. The summed E-state index contributed by atoms with van der Waals surface area (Å²) in [6, 6.07) is 17.1. The lowest BCUT2D eigenvalue weighted by Gasteiger charge is -2.33. The minimum atomic E-state index is -0.142. The van der Waals surface area contributed by atoms with Crippen LogP contribution in [0, 0.1) is 5.92 Å². The first-order chi connectivity index (χ1) is 15.1. The van der Waals surface area contributed by atoms with Crippen molar-refractivity contribution >= 4 is 17.5 Å². The van der Waals surface area contributed by atoms with Gasteiger partial charge in [-0.05, 0) is 61.9 Å². The molecule has 5 heteroatoms. The predicted octanol–water partition coefficient (Wildman–Crippen LogP) is 4.27. The topological polar surface area (TPSA) is 61.4 Å². The Bertz CT molecular complexity index is 909. The summed E-state index contributed by atoms with van der Waals surface area (Å²) in [7, 11) is 0. The molecule has 2 heterocycles. The molecule has 0 bridgehead atoms. The summed E-state index contributed by atoms with van der Waals surface area (Å²) in [6.07, 6.45) is 5.56. The van der Waals surface area contributed by atoms with E-state index in [1.165, 1.54) is 31.4 Å². The summed E-state index contributed by atoms with van der Waals surface area (Å²) in [5, 5.41) is 5.95. The number of hydrogen-bond acceptors (Lipinski definition) is 3. The number of benzene rings is 2. The number of rotatable bonds is 7. The molecule has 0 aliphatic carbocycles. The first kappa shape index (κ1) is 21.6. The Labute approximate surface area is 185 Å². The highest BCUT2D eigenvalue weighted by Crippen LogP contribution is 2.27. The van der Waals surface area contributed by atoms with Crippen LogP contribution in [-0.2, 0) is 29.1 Å². The average molecular weight is 420 g/mol.